The van der Waals surface area contributed by atoms with Crippen molar-refractivity contribution in [2.45, 2.75) is 38.7 Å². The minimum atomic E-state index is -3.23. The van der Waals surface area contributed by atoms with Gasteiger partial charge in [0.05, 0.1) is 17.5 Å². The topological polar surface area (TPSA) is 46.6 Å². The summed E-state index contributed by atoms with van der Waals surface area (Å²) in [6.07, 6.45) is 3.60. The molecule has 1 unspecified atom stereocenters. The van der Waals surface area contributed by atoms with Crippen LogP contribution in [-0.4, -0.2) is 33.4 Å². The summed E-state index contributed by atoms with van der Waals surface area (Å²) in [7, 11) is -3.23. The van der Waals surface area contributed by atoms with Gasteiger partial charge in [-0.25, -0.2) is 8.42 Å². The van der Waals surface area contributed by atoms with E-state index in [1.807, 2.05) is 25.1 Å². The van der Waals surface area contributed by atoms with E-state index in [1.54, 1.807) is 4.31 Å². The van der Waals surface area contributed by atoms with Crippen molar-refractivity contribution < 1.29 is 13.2 Å². The molecule has 110 valence electrons. The first kappa shape index (κ1) is 13.9. The Balaban J connectivity index is 1.76. The lowest BCUT2D eigenvalue weighted by atomic mass is 10.1. The summed E-state index contributed by atoms with van der Waals surface area (Å²) in [5.74, 6) is 0.186. The molecule has 1 aromatic carbocycles. The number of sulfonamides is 1. The summed E-state index contributed by atoms with van der Waals surface area (Å²) in [5, 5.41) is 0. The maximum Gasteiger partial charge on any atom is 0.235 e. The Bertz CT molecular complexity index is 591. The Hall–Kier alpha value is -1.07. The van der Waals surface area contributed by atoms with Gasteiger partial charge in [-0.15, -0.1) is 0 Å². The Morgan fingerprint density at radius 1 is 1.40 bits per heavy atom. The Kier molecular flexibility index (Phi) is 3.73. The van der Waals surface area contributed by atoms with Crippen LogP contribution in [0.15, 0.2) is 18.2 Å². The van der Waals surface area contributed by atoms with E-state index < -0.39 is 10.0 Å². The number of anilines is 1. The maximum absolute atomic E-state index is 12.6. The van der Waals surface area contributed by atoms with Crippen LogP contribution >= 0.6 is 0 Å². The van der Waals surface area contributed by atoms with E-state index in [-0.39, 0.29) is 11.9 Å². The minimum Gasteiger partial charge on any atom is -0.378 e. The molecule has 0 amide bonds. The summed E-state index contributed by atoms with van der Waals surface area (Å²) in [6.45, 7) is 3.33. The largest absolute Gasteiger partial charge is 0.378 e. The molecule has 1 atom stereocenters. The molecule has 0 aromatic heterocycles. The molecule has 1 fully saturated rings. The van der Waals surface area contributed by atoms with Gasteiger partial charge in [0, 0.05) is 13.2 Å². The molecule has 2 aliphatic rings. The predicted octanol–water partition coefficient (Wildman–Crippen LogP) is 2.26. The zero-order valence-electron chi connectivity index (χ0n) is 11.8. The number of rotatable bonds is 4. The molecule has 4 nitrogen and oxygen atoms in total. The van der Waals surface area contributed by atoms with Crippen LogP contribution < -0.4 is 4.31 Å². The quantitative estimate of drug-likeness (QED) is 0.856. The van der Waals surface area contributed by atoms with Crippen molar-refractivity contribution >= 4 is 15.7 Å². The first-order valence-electron chi connectivity index (χ1n) is 7.28. The monoisotopic (exact) mass is 295 g/mol. The summed E-state index contributed by atoms with van der Waals surface area (Å²) < 4.78 is 32.3. The standard InChI is InChI=1S/C15H21NO3S/c1-12-4-2-5-13-7-9-16(15(12)13)20(17,18)11-8-14-6-3-10-19-14/h2,4-5,14H,3,6-11H2,1H3. The van der Waals surface area contributed by atoms with Gasteiger partial charge in [-0.1, -0.05) is 18.2 Å². The molecule has 2 heterocycles. The zero-order chi connectivity index (χ0) is 14.2. The molecule has 2 aliphatic heterocycles. The van der Waals surface area contributed by atoms with Crippen molar-refractivity contribution in [3.8, 4) is 0 Å². The minimum absolute atomic E-state index is 0.128. The lowest BCUT2D eigenvalue weighted by Crippen LogP contribution is -2.33. The van der Waals surface area contributed by atoms with Crippen LogP contribution in [0.3, 0.4) is 0 Å². The normalized spacial score (nSPS) is 22.2. The molecular formula is C15H21NO3S. The third-order valence-corrected chi connectivity index (χ3v) is 6.00. The van der Waals surface area contributed by atoms with Gasteiger partial charge in [0.1, 0.15) is 0 Å². The van der Waals surface area contributed by atoms with E-state index >= 15 is 0 Å². The van der Waals surface area contributed by atoms with Crippen molar-refractivity contribution in [2.75, 3.05) is 23.2 Å². The number of hydrogen-bond donors (Lipinski definition) is 0. The molecule has 1 aromatic rings. The third kappa shape index (κ3) is 2.56. The summed E-state index contributed by atoms with van der Waals surface area (Å²) in [4.78, 5) is 0. The average molecular weight is 295 g/mol. The van der Waals surface area contributed by atoms with Crippen molar-refractivity contribution in [3.05, 3.63) is 29.3 Å². The van der Waals surface area contributed by atoms with E-state index in [0.29, 0.717) is 13.0 Å². The van der Waals surface area contributed by atoms with Crippen molar-refractivity contribution in [1.29, 1.82) is 0 Å². The van der Waals surface area contributed by atoms with Gasteiger partial charge in [-0.05, 0) is 43.7 Å². The molecule has 0 spiro atoms. The lowest BCUT2D eigenvalue weighted by Gasteiger charge is -2.22. The summed E-state index contributed by atoms with van der Waals surface area (Å²) >= 11 is 0. The van der Waals surface area contributed by atoms with Crippen molar-refractivity contribution in [3.63, 3.8) is 0 Å². The number of fused-ring (bicyclic) bond motifs is 1. The number of nitrogens with zero attached hydrogens (tertiary/aromatic N) is 1. The SMILES string of the molecule is Cc1cccc2c1N(S(=O)(=O)CCC1CCCO1)CC2. The molecule has 0 radical (unpaired) electrons. The van der Waals surface area contributed by atoms with Gasteiger partial charge in [-0.3, -0.25) is 4.31 Å². The summed E-state index contributed by atoms with van der Waals surface area (Å²) in [6, 6.07) is 6.00. The van der Waals surface area contributed by atoms with Crippen LogP contribution in [0.5, 0.6) is 0 Å². The van der Waals surface area contributed by atoms with Crippen LogP contribution in [0, 0.1) is 6.92 Å². The zero-order valence-corrected chi connectivity index (χ0v) is 12.7. The second kappa shape index (κ2) is 5.37. The van der Waals surface area contributed by atoms with Crippen LogP contribution in [0.25, 0.3) is 0 Å². The summed E-state index contributed by atoms with van der Waals surface area (Å²) in [5.41, 5.74) is 3.09. The molecule has 1 saturated heterocycles. The van der Waals surface area contributed by atoms with E-state index in [9.17, 15) is 8.42 Å². The average Bonchev–Trinajstić information content (AvgIpc) is 3.06. The molecule has 20 heavy (non-hydrogen) atoms. The number of ether oxygens (including phenoxy) is 1. The molecule has 0 bridgehead atoms. The Labute approximate surface area is 120 Å². The van der Waals surface area contributed by atoms with Gasteiger partial charge in [0.25, 0.3) is 0 Å². The fourth-order valence-corrected chi connectivity index (χ4v) is 4.84. The highest BCUT2D eigenvalue weighted by molar-refractivity contribution is 7.92. The van der Waals surface area contributed by atoms with E-state index in [0.717, 1.165) is 42.7 Å². The van der Waals surface area contributed by atoms with E-state index in [4.69, 9.17) is 4.74 Å². The highest BCUT2D eigenvalue weighted by Gasteiger charge is 2.31. The number of hydrogen-bond acceptors (Lipinski definition) is 3. The third-order valence-electron chi connectivity index (χ3n) is 4.21. The van der Waals surface area contributed by atoms with Gasteiger partial charge in [0.2, 0.25) is 10.0 Å². The first-order chi connectivity index (χ1) is 9.58. The highest BCUT2D eigenvalue weighted by atomic mass is 32.2. The molecule has 5 heteroatoms. The van der Waals surface area contributed by atoms with Crippen molar-refractivity contribution in [2.24, 2.45) is 0 Å². The van der Waals surface area contributed by atoms with Crippen LogP contribution in [0.4, 0.5) is 5.69 Å². The fourth-order valence-electron chi connectivity index (χ4n) is 3.15. The van der Waals surface area contributed by atoms with Crippen LogP contribution in [0.1, 0.15) is 30.4 Å². The number of benzene rings is 1. The van der Waals surface area contributed by atoms with Gasteiger partial charge in [-0.2, -0.15) is 0 Å². The van der Waals surface area contributed by atoms with Crippen LogP contribution in [0.2, 0.25) is 0 Å². The van der Waals surface area contributed by atoms with Gasteiger partial charge < -0.3 is 4.74 Å². The molecule has 0 aliphatic carbocycles. The first-order valence-corrected chi connectivity index (χ1v) is 8.89. The Morgan fingerprint density at radius 3 is 3.00 bits per heavy atom. The van der Waals surface area contributed by atoms with Gasteiger partial charge >= 0.3 is 0 Å². The molecule has 0 saturated carbocycles. The van der Waals surface area contributed by atoms with E-state index in [1.165, 1.54) is 0 Å². The molecular weight excluding hydrogens is 274 g/mol. The molecule has 0 N–H and O–H groups in total. The molecule has 3 rings (SSSR count). The van der Waals surface area contributed by atoms with E-state index in [2.05, 4.69) is 0 Å². The lowest BCUT2D eigenvalue weighted by molar-refractivity contribution is 0.109. The van der Waals surface area contributed by atoms with Crippen molar-refractivity contribution in [1.82, 2.24) is 0 Å². The van der Waals surface area contributed by atoms with Gasteiger partial charge in [0.15, 0.2) is 0 Å². The maximum atomic E-state index is 12.6. The number of aryl methyl sites for hydroxylation is 1. The smallest absolute Gasteiger partial charge is 0.235 e. The Morgan fingerprint density at radius 2 is 2.25 bits per heavy atom. The predicted molar refractivity (Wildman–Crippen MR) is 79.6 cm³/mol. The van der Waals surface area contributed by atoms with Crippen LogP contribution in [-0.2, 0) is 21.2 Å². The second-order valence-electron chi connectivity index (χ2n) is 5.64. The number of para-hydroxylation sites is 1. The highest BCUT2D eigenvalue weighted by Crippen LogP contribution is 2.34. The fraction of sp³-hybridized carbons (Fsp3) is 0.600. The second-order valence-corrected chi connectivity index (χ2v) is 7.66.